The lowest BCUT2D eigenvalue weighted by Crippen LogP contribution is -2.58. The highest BCUT2D eigenvalue weighted by Gasteiger charge is 2.43. The molecule has 1 aliphatic carbocycles. The fourth-order valence-electron chi connectivity index (χ4n) is 3.34. The quantitative estimate of drug-likeness (QED) is 0.766. The van der Waals surface area contributed by atoms with Crippen molar-refractivity contribution in [2.45, 2.75) is 37.8 Å². The summed E-state index contributed by atoms with van der Waals surface area (Å²) in [5.74, 6) is -1.70. The molecule has 122 valence electrons. The molecule has 1 aromatic rings. The number of benzene rings is 1. The zero-order valence-electron chi connectivity index (χ0n) is 12.5. The van der Waals surface area contributed by atoms with Gasteiger partial charge in [-0.25, -0.2) is 14.2 Å². The molecule has 5 N–H and O–H groups in total. The molecule has 3 rings (SSSR count). The molecule has 1 spiro atoms. The first kappa shape index (κ1) is 15.3. The molecule has 1 aromatic carbocycles. The summed E-state index contributed by atoms with van der Waals surface area (Å²) in [7, 11) is 0. The molecule has 0 amide bonds. The summed E-state index contributed by atoms with van der Waals surface area (Å²) < 4.78 is 13.5. The van der Waals surface area contributed by atoms with Gasteiger partial charge in [-0.15, -0.1) is 0 Å². The number of halogens is 1. The van der Waals surface area contributed by atoms with E-state index in [1.54, 1.807) is 4.90 Å². The fourth-order valence-corrected chi connectivity index (χ4v) is 3.34. The fraction of sp³-hybridized carbons (Fsp3) is 0.400. The highest BCUT2D eigenvalue weighted by atomic mass is 19.1. The Balaban J connectivity index is 2.16. The van der Waals surface area contributed by atoms with Crippen molar-refractivity contribution in [1.82, 2.24) is 0 Å². The lowest BCUT2D eigenvalue weighted by atomic mass is 9.87. The van der Waals surface area contributed by atoms with Gasteiger partial charge in [-0.3, -0.25) is 4.90 Å². The van der Waals surface area contributed by atoms with Crippen LogP contribution >= 0.6 is 0 Å². The second-order valence-corrected chi connectivity index (χ2v) is 5.79. The van der Waals surface area contributed by atoms with E-state index in [4.69, 9.17) is 11.5 Å². The average Bonchev–Trinajstić information content (AvgIpc) is 2.48. The molecule has 1 fully saturated rings. The number of carbonyl (C=O) groups is 1. The molecule has 0 saturated heterocycles. The van der Waals surface area contributed by atoms with Gasteiger partial charge in [0.25, 0.3) is 0 Å². The van der Waals surface area contributed by atoms with Crippen molar-refractivity contribution in [3.05, 3.63) is 29.6 Å². The molecule has 23 heavy (non-hydrogen) atoms. The third-order valence-electron chi connectivity index (χ3n) is 4.28. The van der Waals surface area contributed by atoms with E-state index in [-0.39, 0.29) is 23.2 Å². The molecule has 1 heterocycles. The molecule has 0 atom stereocenters. The number of hydrogen-bond acceptors (Lipinski definition) is 6. The summed E-state index contributed by atoms with van der Waals surface area (Å²) in [6.45, 7) is 0. The predicted octanol–water partition coefficient (Wildman–Crippen LogP) is 1.63. The molecule has 8 heteroatoms. The van der Waals surface area contributed by atoms with Crippen molar-refractivity contribution in [1.29, 1.82) is 0 Å². The van der Waals surface area contributed by atoms with E-state index in [0.29, 0.717) is 12.8 Å². The Kier molecular flexibility index (Phi) is 3.67. The van der Waals surface area contributed by atoms with Crippen LogP contribution in [-0.4, -0.2) is 28.7 Å². The molecule has 0 unspecified atom stereocenters. The summed E-state index contributed by atoms with van der Waals surface area (Å²) in [5, 5.41) is 9.41. The third-order valence-corrected chi connectivity index (χ3v) is 4.28. The van der Waals surface area contributed by atoms with Crippen LogP contribution in [0.1, 0.15) is 42.5 Å². The van der Waals surface area contributed by atoms with Gasteiger partial charge in [0.05, 0.1) is 11.3 Å². The first-order valence-corrected chi connectivity index (χ1v) is 7.45. The smallest absolute Gasteiger partial charge is 0.337 e. The normalized spacial score (nSPS) is 20.1. The van der Waals surface area contributed by atoms with E-state index < -0.39 is 17.4 Å². The Hall–Kier alpha value is -2.64. The summed E-state index contributed by atoms with van der Waals surface area (Å²) in [6, 6.07) is 3.57. The number of aliphatic imine (C=N–C) groups is 2. The largest absolute Gasteiger partial charge is 0.478 e. The van der Waals surface area contributed by atoms with E-state index in [0.717, 1.165) is 25.3 Å². The highest BCUT2D eigenvalue weighted by molar-refractivity contribution is 6.08. The molecule has 0 bridgehead atoms. The number of hydrogen-bond donors (Lipinski definition) is 3. The molecule has 0 radical (unpaired) electrons. The Morgan fingerprint density at radius 3 is 2.61 bits per heavy atom. The van der Waals surface area contributed by atoms with Crippen LogP contribution in [0.5, 0.6) is 0 Å². The molecule has 1 saturated carbocycles. The van der Waals surface area contributed by atoms with Crippen molar-refractivity contribution < 1.29 is 14.3 Å². The average molecular weight is 319 g/mol. The van der Waals surface area contributed by atoms with E-state index in [1.807, 2.05) is 0 Å². The van der Waals surface area contributed by atoms with Crippen molar-refractivity contribution in [3.8, 4) is 0 Å². The van der Waals surface area contributed by atoms with Gasteiger partial charge in [-0.1, -0.05) is 6.42 Å². The molecule has 2 aliphatic rings. The number of carboxylic acids is 1. The summed E-state index contributed by atoms with van der Waals surface area (Å²) in [6.07, 6.45) is 4.27. The maximum atomic E-state index is 13.5. The predicted molar refractivity (Wildman–Crippen MR) is 84.9 cm³/mol. The highest BCUT2D eigenvalue weighted by Crippen LogP contribution is 2.40. The second-order valence-electron chi connectivity index (χ2n) is 5.79. The van der Waals surface area contributed by atoms with Gasteiger partial charge in [-0.2, -0.15) is 4.99 Å². The van der Waals surface area contributed by atoms with Crippen LogP contribution in [0, 0.1) is 5.82 Å². The van der Waals surface area contributed by atoms with Crippen LogP contribution in [0.15, 0.2) is 28.2 Å². The van der Waals surface area contributed by atoms with Crippen LogP contribution in [0.25, 0.3) is 0 Å². The van der Waals surface area contributed by atoms with Crippen molar-refractivity contribution in [2.75, 3.05) is 4.90 Å². The number of carboxylic acid groups (broad SMARTS) is 1. The summed E-state index contributed by atoms with van der Waals surface area (Å²) in [4.78, 5) is 21.6. The SMILES string of the molecule is NC1=NC2(CCCCC2)N(c2ccc(F)cc2C(=O)O)C(N)=N1. The van der Waals surface area contributed by atoms with Gasteiger partial charge in [0.2, 0.25) is 11.9 Å². The van der Waals surface area contributed by atoms with Gasteiger partial charge >= 0.3 is 5.97 Å². The monoisotopic (exact) mass is 319 g/mol. The van der Waals surface area contributed by atoms with Crippen molar-refractivity contribution in [2.24, 2.45) is 21.5 Å². The Morgan fingerprint density at radius 1 is 1.26 bits per heavy atom. The number of aromatic carboxylic acids is 1. The van der Waals surface area contributed by atoms with Crippen molar-refractivity contribution >= 4 is 23.6 Å². The van der Waals surface area contributed by atoms with Crippen molar-refractivity contribution in [3.63, 3.8) is 0 Å². The topological polar surface area (TPSA) is 117 Å². The summed E-state index contributed by atoms with van der Waals surface area (Å²) in [5.41, 5.74) is 11.2. The standard InChI is InChI=1S/C15H18FN5O2/c16-9-4-5-11(10(8-9)12(22)23)21-14(18)19-13(17)20-15(21)6-2-1-3-7-15/h4-5,8H,1-3,6-7H2,(H,22,23)(H4,17,18,19,20). The van der Waals surface area contributed by atoms with Gasteiger partial charge in [0, 0.05) is 0 Å². The molecule has 0 aromatic heterocycles. The van der Waals surface area contributed by atoms with Crippen LogP contribution in [0.3, 0.4) is 0 Å². The maximum Gasteiger partial charge on any atom is 0.337 e. The van der Waals surface area contributed by atoms with Gasteiger partial charge < -0.3 is 16.6 Å². The van der Waals surface area contributed by atoms with Crippen LogP contribution in [0.4, 0.5) is 10.1 Å². The first-order valence-electron chi connectivity index (χ1n) is 7.45. The van der Waals surface area contributed by atoms with E-state index in [9.17, 15) is 14.3 Å². The number of nitrogens with zero attached hydrogens (tertiary/aromatic N) is 3. The maximum absolute atomic E-state index is 13.5. The van der Waals surface area contributed by atoms with Crippen LogP contribution < -0.4 is 16.4 Å². The van der Waals surface area contributed by atoms with Gasteiger partial charge in [0.15, 0.2) is 0 Å². The van der Waals surface area contributed by atoms with E-state index in [1.165, 1.54) is 12.1 Å². The minimum atomic E-state index is -1.24. The molecular weight excluding hydrogens is 301 g/mol. The zero-order chi connectivity index (χ0) is 16.6. The first-order chi connectivity index (χ1) is 10.9. The minimum Gasteiger partial charge on any atom is -0.478 e. The Labute approximate surface area is 132 Å². The van der Waals surface area contributed by atoms with Gasteiger partial charge in [0.1, 0.15) is 11.5 Å². The second kappa shape index (κ2) is 5.53. The molecular formula is C15H18FN5O2. The van der Waals surface area contributed by atoms with E-state index in [2.05, 4.69) is 9.98 Å². The number of nitrogens with two attached hydrogens (primary N) is 2. The molecule has 1 aliphatic heterocycles. The lowest BCUT2D eigenvalue weighted by Gasteiger charge is -2.46. The van der Waals surface area contributed by atoms with Gasteiger partial charge in [-0.05, 0) is 43.9 Å². The molecule has 7 nitrogen and oxygen atoms in total. The number of guanidine groups is 2. The zero-order valence-corrected chi connectivity index (χ0v) is 12.5. The van der Waals surface area contributed by atoms with Crippen LogP contribution in [-0.2, 0) is 0 Å². The minimum absolute atomic E-state index is 0.0773. The summed E-state index contributed by atoms with van der Waals surface area (Å²) >= 11 is 0. The third kappa shape index (κ3) is 2.60. The lowest BCUT2D eigenvalue weighted by molar-refractivity contribution is 0.0697. The Morgan fingerprint density at radius 2 is 1.96 bits per heavy atom. The Bertz CT molecular complexity index is 710. The number of anilines is 1. The number of rotatable bonds is 2. The van der Waals surface area contributed by atoms with Crippen LogP contribution in [0.2, 0.25) is 0 Å². The van der Waals surface area contributed by atoms with E-state index >= 15 is 0 Å².